The largest absolute Gasteiger partial charge is 0.394 e. The number of hydrogen-bond donors (Lipinski definition) is 2. The summed E-state index contributed by atoms with van der Waals surface area (Å²) in [6.07, 6.45) is 6.08. The zero-order valence-corrected chi connectivity index (χ0v) is 11.9. The molecule has 2 fully saturated rings. The van der Waals surface area contributed by atoms with Crippen molar-refractivity contribution in [1.82, 2.24) is 10.5 Å². The fraction of sp³-hybridized carbons (Fsp3) is 0.733. The van der Waals surface area contributed by atoms with Gasteiger partial charge in [0.1, 0.15) is 5.76 Å². The molecule has 2 saturated carbocycles. The minimum absolute atomic E-state index is 0.0174. The van der Waals surface area contributed by atoms with E-state index in [1.165, 1.54) is 0 Å². The smallest absolute Gasteiger partial charge is 0.273 e. The summed E-state index contributed by atoms with van der Waals surface area (Å²) in [7, 11) is 0. The third-order valence-corrected chi connectivity index (χ3v) is 4.51. The minimum Gasteiger partial charge on any atom is -0.394 e. The normalized spacial score (nSPS) is 30.2. The Balaban J connectivity index is 1.69. The van der Waals surface area contributed by atoms with Crippen LogP contribution in [0, 0.1) is 5.92 Å². The Hall–Kier alpha value is -1.36. The number of carbonyl (C=O) groups is 1. The number of hydrogen-bond acceptors (Lipinski definition) is 4. The molecule has 2 atom stereocenters. The van der Waals surface area contributed by atoms with Crippen LogP contribution in [0.3, 0.4) is 0 Å². The fourth-order valence-corrected chi connectivity index (χ4v) is 3.22. The molecule has 0 aliphatic heterocycles. The third-order valence-electron chi connectivity index (χ3n) is 4.51. The maximum Gasteiger partial charge on any atom is 0.273 e. The van der Waals surface area contributed by atoms with Crippen molar-refractivity contribution in [2.75, 3.05) is 6.61 Å². The lowest BCUT2D eigenvalue weighted by Crippen LogP contribution is -2.53. The van der Waals surface area contributed by atoms with E-state index in [9.17, 15) is 9.90 Å². The topological polar surface area (TPSA) is 75.4 Å². The lowest BCUT2D eigenvalue weighted by Gasteiger charge is -2.39. The van der Waals surface area contributed by atoms with Crippen LogP contribution in [0.1, 0.15) is 67.6 Å². The number of nitrogens with zero attached hydrogens (tertiary/aromatic N) is 1. The summed E-state index contributed by atoms with van der Waals surface area (Å²) >= 11 is 0. The second-order valence-corrected chi connectivity index (χ2v) is 6.48. The molecule has 20 heavy (non-hydrogen) atoms. The van der Waals surface area contributed by atoms with Crippen molar-refractivity contribution >= 4 is 5.91 Å². The van der Waals surface area contributed by atoms with Crippen molar-refractivity contribution in [1.29, 1.82) is 0 Å². The van der Waals surface area contributed by atoms with Crippen LogP contribution < -0.4 is 5.32 Å². The van der Waals surface area contributed by atoms with Gasteiger partial charge in [0, 0.05) is 12.0 Å². The first-order valence-electron chi connectivity index (χ1n) is 7.52. The molecule has 3 rings (SSSR count). The lowest BCUT2D eigenvalue weighted by atomic mass is 9.77. The summed E-state index contributed by atoms with van der Waals surface area (Å²) in [6.45, 7) is 2.15. The van der Waals surface area contributed by atoms with Crippen LogP contribution in [0.25, 0.3) is 0 Å². The van der Waals surface area contributed by atoms with Crippen LogP contribution in [0.15, 0.2) is 10.6 Å². The molecule has 5 nitrogen and oxygen atoms in total. The van der Waals surface area contributed by atoms with E-state index in [1.54, 1.807) is 6.07 Å². The van der Waals surface area contributed by atoms with Gasteiger partial charge in [-0.05, 0) is 31.6 Å². The Bertz CT molecular complexity index is 495. The molecule has 1 heterocycles. The summed E-state index contributed by atoms with van der Waals surface area (Å²) < 4.78 is 5.21. The van der Waals surface area contributed by atoms with Crippen LogP contribution in [-0.4, -0.2) is 28.3 Å². The van der Waals surface area contributed by atoms with E-state index in [1.807, 2.05) is 0 Å². The highest BCUT2D eigenvalue weighted by atomic mass is 16.5. The van der Waals surface area contributed by atoms with Gasteiger partial charge in [0.05, 0.1) is 12.1 Å². The van der Waals surface area contributed by atoms with Gasteiger partial charge in [0.25, 0.3) is 5.91 Å². The first kappa shape index (κ1) is 13.6. The Kier molecular flexibility index (Phi) is 3.54. The van der Waals surface area contributed by atoms with Gasteiger partial charge in [-0.25, -0.2) is 0 Å². The van der Waals surface area contributed by atoms with Gasteiger partial charge in [-0.15, -0.1) is 0 Å². The Labute approximate surface area is 118 Å². The zero-order valence-electron chi connectivity index (χ0n) is 11.9. The number of aliphatic hydroxyl groups excluding tert-OH is 1. The molecule has 2 N–H and O–H groups in total. The van der Waals surface area contributed by atoms with Crippen molar-refractivity contribution in [3.8, 4) is 0 Å². The Morgan fingerprint density at radius 2 is 2.35 bits per heavy atom. The highest BCUT2D eigenvalue weighted by molar-refractivity contribution is 5.92. The molecule has 0 saturated heterocycles. The Morgan fingerprint density at radius 1 is 1.55 bits per heavy atom. The summed E-state index contributed by atoms with van der Waals surface area (Å²) in [6, 6.07) is 1.74. The zero-order chi connectivity index (χ0) is 14.2. The fourth-order valence-electron chi connectivity index (χ4n) is 3.22. The van der Waals surface area contributed by atoms with E-state index >= 15 is 0 Å². The number of amides is 1. The number of nitrogens with one attached hydrogen (secondary N) is 1. The van der Waals surface area contributed by atoms with E-state index in [-0.39, 0.29) is 12.5 Å². The van der Waals surface area contributed by atoms with Crippen molar-refractivity contribution in [3.05, 3.63) is 17.5 Å². The molecule has 0 radical (unpaired) electrons. The maximum atomic E-state index is 12.3. The van der Waals surface area contributed by atoms with Gasteiger partial charge in [0.15, 0.2) is 5.69 Å². The first-order chi connectivity index (χ1) is 9.62. The van der Waals surface area contributed by atoms with Crippen LogP contribution in [0.5, 0.6) is 0 Å². The summed E-state index contributed by atoms with van der Waals surface area (Å²) in [5.74, 6) is 1.55. The molecule has 0 aromatic carbocycles. The molecule has 2 aliphatic rings. The highest BCUT2D eigenvalue weighted by Crippen LogP contribution is 2.40. The molecular weight excluding hydrogens is 256 g/mol. The van der Waals surface area contributed by atoms with Gasteiger partial charge in [-0.2, -0.15) is 0 Å². The number of aromatic nitrogens is 1. The highest BCUT2D eigenvalue weighted by Gasteiger charge is 2.37. The maximum absolute atomic E-state index is 12.3. The van der Waals surface area contributed by atoms with E-state index in [0.717, 1.165) is 44.3 Å². The van der Waals surface area contributed by atoms with Crippen LogP contribution in [0.4, 0.5) is 0 Å². The molecule has 1 aromatic rings. The van der Waals surface area contributed by atoms with Crippen LogP contribution >= 0.6 is 0 Å². The van der Waals surface area contributed by atoms with E-state index in [4.69, 9.17) is 4.52 Å². The van der Waals surface area contributed by atoms with Gasteiger partial charge in [-0.3, -0.25) is 4.79 Å². The molecule has 1 amide bonds. The third kappa shape index (κ3) is 2.73. The average Bonchev–Trinajstić information content (AvgIpc) is 3.16. The van der Waals surface area contributed by atoms with Crippen molar-refractivity contribution in [3.63, 3.8) is 0 Å². The quantitative estimate of drug-likeness (QED) is 0.885. The van der Waals surface area contributed by atoms with E-state index in [2.05, 4.69) is 17.4 Å². The van der Waals surface area contributed by atoms with Crippen molar-refractivity contribution in [2.24, 2.45) is 5.92 Å². The monoisotopic (exact) mass is 278 g/mol. The summed E-state index contributed by atoms with van der Waals surface area (Å²) in [5, 5.41) is 16.5. The van der Waals surface area contributed by atoms with Crippen molar-refractivity contribution < 1.29 is 14.4 Å². The minimum atomic E-state index is -0.493. The van der Waals surface area contributed by atoms with Gasteiger partial charge < -0.3 is 14.9 Å². The standard InChI is InChI=1S/C15H22N2O3/c1-10-3-2-6-15(8-10,9-18)16-14(19)12-7-13(20-17-12)11-4-5-11/h7,10-11,18H,2-6,8-9H2,1H3,(H,16,19). The summed E-state index contributed by atoms with van der Waals surface area (Å²) in [4.78, 5) is 12.3. The molecular formula is C15H22N2O3. The second kappa shape index (κ2) is 5.20. The second-order valence-electron chi connectivity index (χ2n) is 6.48. The molecule has 1 aromatic heterocycles. The van der Waals surface area contributed by atoms with E-state index in [0.29, 0.717) is 17.5 Å². The molecule has 5 heteroatoms. The molecule has 0 bridgehead atoms. The predicted octanol–water partition coefficient (Wildman–Crippen LogP) is 2.22. The van der Waals surface area contributed by atoms with Gasteiger partial charge in [-0.1, -0.05) is 24.9 Å². The number of aliphatic hydroxyl groups is 1. The Morgan fingerprint density at radius 3 is 3.00 bits per heavy atom. The first-order valence-corrected chi connectivity index (χ1v) is 7.52. The number of rotatable bonds is 4. The predicted molar refractivity (Wildman–Crippen MR) is 73.4 cm³/mol. The summed E-state index contributed by atoms with van der Waals surface area (Å²) in [5.41, 5.74) is -0.161. The number of carbonyl (C=O) groups excluding carboxylic acids is 1. The molecule has 2 aliphatic carbocycles. The van der Waals surface area contributed by atoms with Gasteiger partial charge >= 0.3 is 0 Å². The van der Waals surface area contributed by atoms with Crippen molar-refractivity contribution in [2.45, 2.75) is 56.9 Å². The average molecular weight is 278 g/mol. The van der Waals surface area contributed by atoms with E-state index < -0.39 is 5.54 Å². The van der Waals surface area contributed by atoms with Crippen LogP contribution in [-0.2, 0) is 0 Å². The van der Waals surface area contributed by atoms with Gasteiger partial charge in [0.2, 0.25) is 0 Å². The lowest BCUT2D eigenvalue weighted by molar-refractivity contribution is 0.0689. The van der Waals surface area contributed by atoms with Crippen LogP contribution in [0.2, 0.25) is 0 Å². The molecule has 0 spiro atoms. The SMILES string of the molecule is CC1CCCC(CO)(NC(=O)c2cc(C3CC3)on2)C1. The molecule has 110 valence electrons. The molecule has 2 unspecified atom stereocenters.